The van der Waals surface area contributed by atoms with Crippen LogP contribution in [0.2, 0.25) is 0 Å². The summed E-state index contributed by atoms with van der Waals surface area (Å²) in [5.41, 5.74) is 5.02. The maximum atomic E-state index is 15.1. The van der Waals surface area contributed by atoms with E-state index in [0.29, 0.717) is 47.7 Å². The van der Waals surface area contributed by atoms with Crippen LogP contribution >= 0.6 is 18.7 Å². The molecule has 5 aromatic rings. The summed E-state index contributed by atoms with van der Waals surface area (Å²) in [4.78, 5) is 53.5. The number of aryl methyl sites for hydroxylation is 1. The minimum absolute atomic E-state index is 0.000615. The molecule has 3 aromatic carbocycles. The topological polar surface area (TPSA) is 131 Å². The van der Waals surface area contributed by atoms with E-state index in [1.807, 2.05) is 60.0 Å². The van der Waals surface area contributed by atoms with Gasteiger partial charge in [0, 0.05) is 47.7 Å². The first-order valence-electron chi connectivity index (χ1n) is 21.7. The number of allylic oxidation sites excluding steroid dienone is 2. The molecule has 0 radical (unpaired) electrons. The lowest BCUT2D eigenvalue weighted by atomic mass is 9.91. The summed E-state index contributed by atoms with van der Waals surface area (Å²) in [6.45, 7) is 6.40. The SMILES string of the molecule is COc1ccc2c(O[C@@H]3C[C@H]4C(=O)C[C@]5(P(=O)(O)Cc6ccccc6)C[C@H]5/C=C\CCCCCC(Cc5ccc(C)cc5)C(=O)N4C3)cc(-c3csc(NC(C)C)n3)nc2c1. The summed E-state index contributed by atoms with van der Waals surface area (Å²) < 4.78 is 27.1. The number of hydrogen-bond donors (Lipinski definition) is 2. The molecule has 2 N–H and O–H groups in total. The lowest BCUT2D eigenvalue weighted by Crippen LogP contribution is -2.45. The zero-order valence-corrected chi connectivity index (χ0v) is 37.3. The van der Waals surface area contributed by atoms with Crippen LogP contribution in [0.1, 0.15) is 81.9 Å². The van der Waals surface area contributed by atoms with Crippen molar-refractivity contribution in [2.45, 2.75) is 108 Å². The van der Waals surface area contributed by atoms with Gasteiger partial charge in [-0.1, -0.05) is 85.2 Å². The molecule has 0 spiro atoms. The molecule has 2 unspecified atom stereocenters. The van der Waals surface area contributed by atoms with E-state index in [1.54, 1.807) is 12.0 Å². The van der Waals surface area contributed by atoms with Gasteiger partial charge in [0.25, 0.3) is 0 Å². The molecule has 2 aromatic heterocycles. The molecule has 2 fully saturated rings. The number of nitrogens with one attached hydrogen (secondary N) is 1. The predicted octanol–water partition coefficient (Wildman–Crippen LogP) is 10.4. The van der Waals surface area contributed by atoms with Crippen LogP contribution in [-0.4, -0.2) is 68.4 Å². The monoisotopic (exact) mass is 860 g/mol. The second-order valence-corrected chi connectivity index (χ2v) is 21.0. The number of anilines is 1. The molecule has 0 bridgehead atoms. The smallest absolute Gasteiger partial charge is 0.226 e. The van der Waals surface area contributed by atoms with Crippen LogP contribution in [0.15, 0.2) is 96.4 Å². The maximum Gasteiger partial charge on any atom is 0.226 e. The van der Waals surface area contributed by atoms with Crippen LogP contribution in [0.25, 0.3) is 22.3 Å². The summed E-state index contributed by atoms with van der Waals surface area (Å²) in [7, 11) is -2.27. The highest BCUT2D eigenvalue weighted by Gasteiger charge is 2.65. The van der Waals surface area contributed by atoms with Crippen molar-refractivity contribution in [3.8, 4) is 22.9 Å². The Morgan fingerprint density at radius 3 is 2.56 bits per heavy atom. The number of carbonyl (C=O) groups excluding carboxylic acids is 2. The number of ketones is 1. The molecule has 1 saturated heterocycles. The number of aromatic nitrogens is 2. The molecule has 2 aliphatic heterocycles. The number of fused-ring (bicyclic) bond motifs is 3. The van der Waals surface area contributed by atoms with Crippen LogP contribution in [-0.2, 0) is 26.7 Å². The van der Waals surface area contributed by atoms with E-state index in [9.17, 15) is 14.3 Å². The number of methoxy groups -OCH3 is 1. The number of thiazole rings is 1. The average molecular weight is 861 g/mol. The fraction of sp³-hybridized carbons (Fsp3) is 0.429. The third-order valence-electron chi connectivity index (χ3n) is 12.6. The summed E-state index contributed by atoms with van der Waals surface area (Å²) in [5, 5.41) is 5.81. The fourth-order valence-corrected chi connectivity index (χ4v) is 12.6. The summed E-state index contributed by atoms with van der Waals surface area (Å²) in [6, 6.07) is 24.7. The van der Waals surface area contributed by atoms with Gasteiger partial charge >= 0.3 is 0 Å². The lowest BCUT2D eigenvalue weighted by Gasteiger charge is -2.30. The van der Waals surface area contributed by atoms with Gasteiger partial charge in [-0.3, -0.25) is 14.2 Å². The fourth-order valence-electron chi connectivity index (χ4n) is 9.20. The van der Waals surface area contributed by atoms with Crippen LogP contribution in [0.4, 0.5) is 5.13 Å². The lowest BCUT2D eigenvalue weighted by molar-refractivity contribution is -0.141. The first-order valence-corrected chi connectivity index (χ1v) is 24.4. The van der Waals surface area contributed by atoms with Crippen molar-refractivity contribution in [1.82, 2.24) is 14.9 Å². The second-order valence-electron chi connectivity index (χ2n) is 17.6. The Morgan fingerprint density at radius 2 is 1.79 bits per heavy atom. The third-order valence-corrected chi connectivity index (χ3v) is 16.3. The van der Waals surface area contributed by atoms with Gasteiger partial charge in [0.1, 0.15) is 23.3 Å². The van der Waals surface area contributed by atoms with E-state index in [4.69, 9.17) is 19.4 Å². The molecule has 61 heavy (non-hydrogen) atoms. The summed E-state index contributed by atoms with van der Waals surface area (Å²) in [6.07, 6.45) is 9.29. The standard InChI is InChI=1S/C49H57N4O6PS/c1-32(2)50-48-52-43(31-61-48)42-26-46(40-22-21-38(58-4)24-41(40)51-42)59-39-25-44-45(54)28-49(60(56,57)30-35-13-9-8-10-14-35)27-37(49)16-12-7-5-6-11-15-36(47(55)53(44)29-39)23-34-19-17-33(3)18-20-34/h8-10,12-14,16-22,24,26,31-32,36-37,39,44H,5-7,11,15,23,25,27-30H2,1-4H3,(H,50,52)(H,56,57)/b16-12-/t36?,37-,39-,44+,49-/m1/s1. The van der Waals surface area contributed by atoms with Crippen molar-refractivity contribution in [2.24, 2.45) is 11.8 Å². The normalized spacial score (nSPS) is 24.9. The van der Waals surface area contributed by atoms with E-state index >= 15 is 4.79 Å². The molecular formula is C49H57N4O6PS. The predicted molar refractivity (Wildman–Crippen MR) is 244 cm³/mol. The van der Waals surface area contributed by atoms with Crippen molar-refractivity contribution in [3.63, 3.8) is 0 Å². The zero-order valence-electron chi connectivity index (χ0n) is 35.6. The highest BCUT2D eigenvalue weighted by atomic mass is 32.1. The Bertz CT molecular complexity index is 2440. The van der Waals surface area contributed by atoms with Gasteiger partial charge in [0.05, 0.1) is 42.2 Å². The highest BCUT2D eigenvalue weighted by Crippen LogP contribution is 2.74. The minimum atomic E-state index is -3.89. The van der Waals surface area contributed by atoms with Crippen molar-refractivity contribution < 1.29 is 28.5 Å². The third kappa shape index (κ3) is 9.64. The quantitative estimate of drug-likeness (QED) is 0.0984. The van der Waals surface area contributed by atoms with Gasteiger partial charge in [0.15, 0.2) is 10.9 Å². The van der Waals surface area contributed by atoms with Gasteiger partial charge in [-0.15, -0.1) is 11.3 Å². The Balaban J connectivity index is 1.15. The maximum absolute atomic E-state index is 15.1. The van der Waals surface area contributed by atoms with Crippen LogP contribution in [0.5, 0.6) is 11.5 Å². The first-order chi connectivity index (χ1) is 29.4. The van der Waals surface area contributed by atoms with Gasteiger partial charge in [0.2, 0.25) is 13.3 Å². The van der Waals surface area contributed by atoms with Crippen LogP contribution in [0, 0.1) is 18.8 Å². The number of nitrogens with zero attached hydrogens (tertiary/aromatic N) is 3. The second kappa shape index (κ2) is 18.3. The van der Waals surface area contributed by atoms with Crippen molar-refractivity contribution >= 4 is 46.4 Å². The molecule has 4 heterocycles. The van der Waals surface area contributed by atoms with Gasteiger partial charge in [-0.2, -0.15) is 0 Å². The Kier molecular flexibility index (Phi) is 12.8. The number of benzene rings is 3. The number of amides is 1. The summed E-state index contributed by atoms with van der Waals surface area (Å²) in [5.74, 6) is 0.466. The number of rotatable bonds is 11. The molecule has 1 saturated carbocycles. The van der Waals surface area contributed by atoms with Crippen molar-refractivity contribution in [2.75, 3.05) is 19.0 Å². The molecule has 1 aliphatic carbocycles. The molecule has 6 atom stereocenters. The van der Waals surface area contributed by atoms with E-state index in [1.165, 1.54) is 11.3 Å². The van der Waals surface area contributed by atoms with E-state index < -0.39 is 24.7 Å². The average Bonchev–Trinajstić information content (AvgIpc) is 3.51. The van der Waals surface area contributed by atoms with E-state index in [-0.39, 0.29) is 55.1 Å². The Hall–Kier alpha value is -4.83. The Labute approximate surface area is 363 Å². The minimum Gasteiger partial charge on any atom is -0.497 e. The van der Waals surface area contributed by atoms with Gasteiger partial charge < -0.3 is 24.6 Å². The largest absolute Gasteiger partial charge is 0.497 e. The molecule has 8 rings (SSSR count). The van der Waals surface area contributed by atoms with Gasteiger partial charge in [-0.05, 0) is 82.1 Å². The van der Waals surface area contributed by atoms with Crippen LogP contribution < -0.4 is 14.8 Å². The number of Topliss-reactive ketones (excluding diaryl/α,β-unsaturated/α-hetero) is 1. The molecular weight excluding hydrogens is 804 g/mol. The highest BCUT2D eigenvalue weighted by molar-refractivity contribution is 7.59. The molecule has 3 aliphatic rings. The van der Waals surface area contributed by atoms with Crippen molar-refractivity contribution in [1.29, 1.82) is 0 Å². The molecule has 1 amide bonds. The zero-order chi connectivity index (χ0) is 42.7. The van der Waals surface area contributed by atoms with Gasteiger partial charge in [-0.25, -0.2) is 9.97 Å². The van der Waals surface area contributed by atoms with E-state index in [2.05, 4.69) is 62.5 Å². The Morgan fingerprint density at radius 1 is 0.984 bits per heavy atom. The molecule has 10 nitrogen and oxygen atoms in total. The van der Waals surface area contributed by atoms with Crippen molar-refractivity contribution in [3.05, 3.63) is 113 Å². The van der Waals surface area contributed by atoms with Crippen LogP contribution in [0.3, 0.4) is 0 Å². The number of hydrogen-bond acceptors (Lipinski definition) is 9. The molecule has 12 heteroatoms. The first kappa shape index (κ1) is 42.8. The number of ether oxygens (including phenoxy) is 2. The summed E-state index contributed by atoms with van der Waals surface area (Å²) >= 11 is 1.51. The molecule has 320 valence electrons. The van der Waals surface area contributed by atoms with E-state index in [0.717, 1.165) is 52.9 Å². The number of carbonyl (C=O) groups is 2. The number of pyridine rings is 1.